The third-order valence-electron chi connectivity index (χ3n) is 0.847. The van der Waals surface area contributed by atoms with Crippen molar-refractivity contribution >= 4 is 29.6 Å². The quantitative estimate of drug-likeness (QED) is 0.429. The minimum absolute atomic E-state index is 0.412. The van der Waals surface area contributed by atoms with Crippen molar-refractivity contribution in [3.63, 3.8) is 0 Å². The number of carbonyl (C=O) groups is 1. The van der Waals surface area contributed by atoms with Crippen LogP contribution in [0, 0.1) is 0 Å². The van der Waals surface area contributed by atoms with Gasteiger partial charge in [-0.3, -0.25) is 10.5 Å². The summed E-state index contributed by atoms with van der Waals surface area (Å²) in [7, 11) is 0. The Hall–Kier alpha value is -0.190. The van der Waals surface area contributed by atoms with E-state index in [1.807, 2.05) is 0 Å². The van der Waals surface area contributed by atoms with Gasteiger partial charge in [-0.15, -0.1) is 0 Å². The standard InChI is InChI=1S/C4H5ClN2OS/c5-3-1-9-4(6,2-8)7-3/h1-2,7H,6H2. The van der Waals surface area contributed by atoms with Gasteiger partial charge in [0.05, 0.1) is 0 Å². The Labute approximate surface area is 61.6 Å². The molecule has 1 heterocycles. The second-order valence-corrected chi connectivity index (χ2v) is 3.17. The fourth-order valence-electron chi connectivity index (χ4n) is 0.452. The third-order valence-corrected chi connectivity index (χ3v) is 2.12. The summed E-state index contributed by atoms with van der Waals surface area (Å²) in [5.74, 6) is 0. The number of hydrogen-bond donors (Lipinski definition) is 2. The van der Waals surface area contributed by atoms with Crippen LogP contribution in [0.25, 0.3) is 0 Å². The highest BCUT2D eigenvalue weighted by Gasteiger charge is 2.28. The van der Waals surface area contributed by atoms with E-state index >= 15 is 0 Å². The van der Waals surface area contributed by atoms with Crippen LogP contribution in [0.2, 0.25) is 0 Å². The molecule has 3 nitrogen and oxygen atoms in total. The number of carbonyl (C=O) groups excluding carboxylic acids is 1. The highest BCUT2D eigenvalue weighted by molar-refractivity contribution is 8.04. The molecule has 0 bridgehead atoms. The second kappa shape index (κ2) is 2.21. The van der Waals surface area contributed by atoms with Gasteiger partial charge in [-0.05, 0) is 0 Å². The molecule has 0 saturated heterocycles. The van der Waals surface area contributed by atoms with Gasteiger partial charge in [0.25, 0.3) is 0 Å². The van der Waals surface area contributed by atoms with Crippen molar-refractivity contribution in [2.24, 2.45) is 5.73 Å². The van der Waals surface area contributed by atoms with Gasteiger partial charge in [-0.1, -0.05) is 23.4 Å². The number of nitrogens with one attached hydrogen (secondary N) is 1. The zero-order valence-electron chi connectivity index (χ0n) is 4.43. The number of aldehydes is 1. The highest BCUT2D eigenvalue weighted by Crippen LogP contribution is 2.26. The first-order valence-corrected chi connectivity index (χ1v) is 3.49. The van der Waals surface area contributed by atoms with Crippen molar-refractivity contribution in [2.45, 2.75) is 4.99 Å². The molecule has 0 aromatic heterocycles. The first kappa shape index (κ1) is 6.92. The summed E-state index contributed by atoms with van der Waals surface area (Å²) >= 11 is 6.62. The van der Waals surface area contributed by atoms with Gasteiger partial charge >= 0.3 is 0 Å². The van der Waals surface area contributed by atoms with Crippen LogP contribution < -0.4 is 11.1 Å². The van der Waals surface area contributed by atoms with Crippen LogP contribution in [0.3, 0.4) is 0 Å². The molecule has 1 aliphatic heterocycles. The Balaban J connectivity index is 2.63. The van der Waals surface area contributed by atoms with E-state index in [0.29, 0.717) is 11.4 Å². The lowest BCUT2D eigenvalue weighted by molar-refractivity contribution is -0.110. The van der Waals surface area contributed by atoms with E-state index in [1.54, 1.807) is 5.41 Å². The summed E-state index contributed by atoms with van der Waals surface area (Å²) in [5.41, 5.74) is 5.40. The Morgan fingerprint density at radius 2 is 2.67 bits per heavy atom. The Morgan fingerprint density at radius 3 is 2.89 bits per heavy atom. The van der Waals surface area contributed by atoms with Crippen LogP contribution >= 0.6 is 23.4 Å². The van der Waals surface area contributed by atoms with Crippen LogP contribution in [0.4, 0.5) is 0 Å². The predicted octanol–water partition coefficient (Wildman–Crippen LogP) is 0.172. The molecular formula is C4H5ClN2OS. The summed E-state index contributed by atoms with van der Waals surface area (Å²) in [6, 6.07) is 0. The number of halogens is 1. The minimum atomic E-state index is -1.03. The maximum absolute atomic E-state index is 10.2. The molecule has 0 aliphatic carbocycles. The molecule has 0 saturated carbocycles. The first-order valence-electron chi connectivity index (χ1n) is 2.23. The molecular weight excluding hydrogens is 160 g/mol. The number of thioether (sulfide) groups is 1. The number of hydrogen-bond acceptors (Lipinski definition) is 4. The first-order chi connectivity index (χ1) is 4.16. The third kappa shape index (κ3) is 1.38. The van der Waals surface area contributed by atoms with Crippen molar-refractivity contribution in [2.75, 3.05) is 0 Å². The molecule has 0 aromatic carbocycles. The van der Waals surface area contributed by atoms with Crippen molar-refractivity contribution in [1.82, 2.24) is 5.32 Å². The average Bonchev–Trinajstić information content (AvgIpc) is 2.13. The summed E-state index contributed by atoms with van der Waals surface area (Å²) < 4.78 is 0. The average molecular weight is 165 g/mol. The maximum Gasteiger partial charge on any atom is 0.196 e. The predicted molar refractivity (Wildman–Crippen MR) is 37.6 cm³/mol. The molecule has 0 fully saturated rings. The molecule has 5 heteroatoms. The zero-order valence-corrected chi connectivity index (χ0v) is 6.00. The number of nitrogens with two attached hydrogens (primary N) is 1. The van der Waals surface area contributed by atoms with Gasteiger partial charge in [0.2, 0.25) is 0 Å². The monoisotopic (exact) mass is 164 g/mol. The van der Waals surface area contributed by atoms with Crippen molar-refractivity contribution in [3.8, 4) is 0 Å². The molecule has 50 valence electrons. The van der Waals surface area contributed by atoms with Crippen LogP contribution in [-0.2, 0) is 4.79 Å². The normalized spacial score (nSPS) is 33.3. The van der Waals surface area contributed by atoms with E-state index in [-0.39, 0.29) is 0 Å². The van der Waals surface area contributed by atoms with Crippen LogP contribution in [0.1, 0.15) is 0 Å². The van der Waals surface area contributed by atoms with Gasteiger partial charge in [0, 0.05) is 5.41 Å². The summed E-state index contributed by atoms with van der Waals surface area (Å²) in [4.78, 5) is 9.14. The maximum atomic E-state index is 10.2. The van der Waals surface area contributed by atoms with Gasteiger partial charge in [0.15, 0.2) is 11.3 Å². The molecule has 1 unspecified atom stereocenters. The Bertz CT molecular complexity index is 172. The zero-order chi connectivity index (χ0) is 6.91. The smallest absolute Gasteiger partial charge is 0.196 e. The van der Waals surface area contributed by atoms with Gasteiger partial charge in [-0.2, -0.15) is 0 Å². The van der Waals surface area contributed by atoms with Crippen LogP contribution in [0.15, 0.2) is 10.6 Å². The summed E-state index contributed by atoms with van der Waals surface area (Å²) in [6.45, 7) is 0. The lowest BCUT2D eigenvalue weighted by Crippen LogP contribution is -2.47. The van der Waals surface area contributed by atoms with Crippen LogP contribution in [-0.4, -0.2) is 11.3 Å². The fourth-order valence-corrected chi connectivity index (χ4v) is 1.38. The minimum Gasteiger partial charge on any atom is -0.343 e. The van der Waals surface area contributed by atoms with Crippen molar-refractivity contribution < 1.29 is 4.79 Å². The van der Waals surface area contributed by atoms with Gasteiger partial charge < -0.3 is 5.32 Å². The molecule has 9 heavy (non-hydrogen) atoms. The Morgan fingerprint density at radius 1 is 2.00 bits per heavy atom. The second-order valence-electron chi connectivity index (χ2n) is 1.62. The lowest BCUT2D eigenvalue weighted by Gasteiger charge is -2.14. The summed E-state index contributed by atoms with van der Waals surface area (Å²) in [6.07, 6.45) is 0.615. The molecule has 1 aliphatic rings. The van der Waals surface area contributed by atoms with Crippen LogP contribution in [0.5, 0.6) is 0 Å². The topological polar surface area (TPSA) is 55.1 Å². The molecule has 3 N–H and O–H groups in total. The molecule has 0 amide bonds. The highest BCUT2D eigenvalue weighted by atomic mass is 35.5. The molecule has 1 rings (SSSR count). The molecule has 0 aromatic rings. The van der Waals surface area contributed by atoms with E-state index < -0.39 is 4.99 Å². The van der Waals surface area contributed by atoms with Gasteiger partial charge in [0.1, 0.15) is 5.16 Å². The van der Waals surface area contributed by atoms with Crippen molar-refractivity contribution in [3.05, 3.63) is 10.6 Å². The van der Waals surface area contributed by atoms with Gasteiger partial charge in [-0.25, -0.2) is 0 Å². The van der Waals surface area contributed by atoms with Crippen molar-refractivity contribution in [1.29, 1.82) is 0 Å². The van der Waals surface area contributed by atoms with E-state index in [1.165, 1.54) is 0 Å². The lowest BCUT2D eigenvalue weighted by atomic mass is 10.6. The fraction of sp³-hybridized carbons (Fsp3) is 0.250. The van der Waals surface area contributed by atoms with E-state index in [2.05, 4.69) is 5.32 Å². The number of rotatable bonds is 1. The Kier molecular flexibility index (Phi) is 1.70. The van der Waals surface area contributed by atoms with E-state index in [4.69, 9.17) is 17.3 Å². The SMILES string of the molecule is NC1(C=O)NC(Cl)=CS1. The van der Waals surface area contributed by atoms with E-state index in [0.717, 1.165) is 11.8 Å². The molecule has 0 radical (unpaired) electrons. The largest absolute Gasteiger partial charge is 0.343 e. The summed E-state index contributed by atoms with van der Waals surface area (Å²) in [5, 5.41) is 4.58. The molecule has 0 spiro atoms. The molecule has 1 atom stereocenters. The van der Waals surface area contributed by atoms with E-state index in [9.17, 15) is 4.79 Å².